The second kappa shape index (κ2) is 14.4. The first-order valence-electron chi connectivity index (χ1n) is 13.1. The summed E-state index contributed by atoms with van der Waals surface area (Å²) in [5, 5.41) is 9.70. The number of likely N-dealkylation sites (tertiary alicyclic amines) is 2. The summed E-state index contributed by atoms with van der Waals surface area (Å²) in [5.74, 6) is -3.78. The highest BCUT2D eigenvalue weighted by Crippen LogP contribution is 2.25. The summed E-state index contributed by atoms with van der Waals surface area (Å²) in [6.07, 6.45) is 1.99. The van der Waals surface area contributed by atoms with Crippen LogP contribution in [0.3, 0.4) is 0 Å². The standard InChI is InChI=1S/C24H40N8O7/c1-13(2)20(25)23(38)29-10-17(33)27-12-19(35)31-8-5-7-16(31)24(39)32-9-4-6-15(32)22(37)28-11-18(34)30-14(3)21(26)36/h13-16,20H,4-12,25H2,1-3H3,(H2,26,36)(H,27,33)(H,28,37)(H,29,38)(H,30,34)/t14-,15-,16-,20-/m0/s1. The summed E-state index contributed by atoms with van der Waals surface area (Å²) in [4.78, 5) is 88.7. The molecule has 0 bridgehead atoms. The first kappa shape index (κ1) is 31.5. The molecule has 2 rings (SSSR count). The van der Waals surface area contributed by atoms with Gasteiger partial charge in [0.15, 0.2) is 0 Å². The molecule has 2 aliphatic heterocycles. The molecule has 2 saturated heterocycles. The molecular weight excluding hydrogens is 512 g/mol. The Kier molecular flexibility index (Phi) is 11.6. The smallest absolute Gasteiger partial charge is 0.246 e. The van der Waals surface area contributed by atoms with Gasteiger partial charge in [0.1, 0.15) is 18.1 Å². The maximum Gasteiger partial charge on any atom is 0.246 e. The normalized spacial score (nSPS) is 20.2. The fraction of sp³-hybridized carbons (Fsp3) is 0.708. The Morgan fingerprint density at radius 1 is 0.795 bits per heavy atom. The van der Waals surface area contributed by atoms with Crippen molar-refractivity contribution in [1.29, 1.82) is 0 Å². The molecule has 2 heterocycles. The number of nitrogens with two attached hydrogens (primary N) is 2. The molecule has 0 aromatic carbocycles. The highest BCUT2D eigenvalue weighted by atomic mass is 16.2. The number of carbonyl (C=O) groups is 7. The lowest BCUT2D eigenvalue weighted by Gasteiger charge is -2.31. The molecule has 15 nitrogen and oxygen atoms in total. The van der Waals surface area contributed by atoms with Crippen LogP contribution >= 0.6 is 0 Å². The Morgan fingerprint density at radius 3 is 2.00 bits per heavy atom. The number of nitrogens with zero attached hydrogens (tertiary/aromatic N) is 2. The zero-order chi connectivity index (χ0) is 29.3. The van der Waals surface area contributed by atoms with Gasteiger partial charge in [-0.2, -0.15) is 0 Å². The van der Waals surface area contributed by atoms with Crippen LogP contribution in [0.4, 0.5) is 0 Å². The monoisotopic (exact) mass is 552 g/mol. The van der Waals surface area contributed by atoms with Gasteiger partial charge in [-0.1, -0.05) is 13.8 Å². The second-order valence-electron chi connectivity index (χ2n) is 10.1. The van der Waals surface area contributed by atoms with E-state index < -0.39 is 59.6 Å². The van der Waals surface area contributed by atoms with E-state index in [2.05, 4.69) is 21.3 Å². The van der Waals surface area contributed by atoms with Gasteiger partial charge in [0.2, 0.25) is 41.4 Å². The molecule has 0 aliphatic carbocycles. The largest absolute Gasteiger partial charge is 0.368 e. The number of amides is 7. The summed E-state index contributed by atoms with van der Waals surface area (Å²) in [7, 11) is 0. The van der Waals surface area contributed by atoms with E-state index >= 15 is 0 Å². The van der Waals surface area contributed by atoms with Gasteiger partial charge < -0.3 is 42.5 Å². The van der Waals surface area contributed by atoms with Crippen molar-refractivity contribution < 1.29 is 33.6 Å². The molecule has 39 heavy (non-hydrogen) atoms. The summed E-state index contributed by atoms with van der Waals surface area (Å²) in [6.45, 7) is 4.57. The van der Waals surface area contributed by atoms with Gasteiger partial charge in [-0.05, 0) is 38.5 Å². The Balaban J connectivity index is 1.87. The first-order chi connectivity index (χ1) is 18.3. The minimum atomic E-state index is -0.892. The van der Waals surface area contributed by atoms with Gasteiger partial charge in [0.05, 0.1) is 25.7 Å². The first-order valence-corrected chi connectivity index (χ1v) is 13.1. The van der Waals surface area contributed by atoms with Crippen LogP contribution in [0, 0.1) is 5.92 Å². The maximum absolute atomic E-state index is 13.3. The summed E-state index contributed by atoms with van der Waals surface area (Å²) < 4.78 is 0. The third-order valence-corrected chi connectivity index (χ3v) is 6.81. The lowest BCUT2D eigenvalue weighted by atomic mass is 10.1. The van der Waals surface area contributed by atoms with Crippen molar-refractivity contribution in [3.05, 3.63) is 0 Å². The van der Waals surface area contributed by atoms with Crippen LogP contribution in [0.15, 0.2) is 0 Å². The number of nitrogens with one attached hydrogen (secondary N) is 4. The van der Waals surface area contributed by atoms with Crippen LogP contribution in [0.2, 0.25) is 0 Å². The summed E-state index contributed by atoms with van der Waals surface area (Å²) in [6, 6.07) is -3.21. The van der Waals surface area contributed by atoms with Crippen LogP contribution in [-0.2, 0) is 33.6 Å². The van der Waals surface area contributed by atoms with Crippen LogP contribution in [0.1, 0.15) is 46.5 Å². The van der Waals surface area contributed by atoms with Crippen LogP contribution < -0.4 is 32.7 Å². The Morgan fingerprint density at radius 2 is 1.38 bits per heavy atom. The molecule has 7 amide bonds. The van der Waals surface area contributed by atoms with E-state index in [0.29, 0.717) is 38.8 Å². The molecule has 0 aromatic heterocycles. The van der Waals surface area contributed by atoms with Crippen molar-refractivity contribution in [2.24, 2.45) is 17.4 Å². The zero-order valence-corrected chi connectivity index (χ0v) is 22.7. The van der Waals surface area contributed by atoms with Crippen molar-refractivity contribution in [2.45, 2.75) is 70.6 Å². The average Bonchev–Trinajstić information content (AvgIpc) is 3.58. The van der Waals surface area contributed by atoms with Crippen LogP contribution in [-0.4, -0.2) is 108 Å². The van der Waals surface area contributed by atoms with E-state index in [-0.39, 0.29) is 31.5 Å². The van der Waals surface area contributed by atoms with Gasteiger partial charge in [-0.3, -0.25) is 33.6 Å². The molecule has 0 saturated carbocycles. The highest BCUT2D eigenvalue weighted by molar-refractivity contribution is 5.95. The number of rotatable bonds is 12. The van der Waals surface area contributed by atoms with Gasteiger partial charge in [0, 0.05) is 13.1 Å². The lowest BCUT2D eigenvalue weighted by Crippen LogP contribution is -2.55. The van der Waals surface area contributed by atoms with Crippen molar-refractivity contribution >= 4 is 41.4 Å². The second-order valence-corrected chi connectivity index (χ2v) is 10.1. The van der Waals surface area contributed by atoms with E-state index in [1.807, 2.05) is 0 Å². The van der Waals surface area contributed by atoms with Crippen LogP contribution in [0.5, 0.6) is 0 Å². The van der Waals surface area contributed by atoms with Crippen molar-refractivity contribution in [1.82, 2.24) is 31.1 Å². The Hall–Kier alpha value is -3.75. The minimum absolute atomic E-state index is 0.0999. The van der Waals surface area contributed by atoms with E-state index in [4.69, 9.17) is 11.5 Å². The summed E-state index contributed by atoms with van der Waals surface area (Å²) in [5.41, 5.74) is 10.8. The Bertz CT molecular complexity index is 972. The number of hydrogen-bond acceptors (Lipinski definition) is 8. The topological polar surface area (TPSA) is 226 Å². The van der Waals surface area contributed by atoms with Gasteiger partial charge >= 0.3 is 0 Å². The summed E-state index contributed by atoms with van der Waals surface area (Å²) >= 11 is 0. The molecule has 218 valence electrons. The Labute approximate surface area is 227 Å². The molecule has 8 N–H and O–H groups in total. The van der Waals surface area contributed by atoms with Crippen molar-refractivity contribution in [2.75, 3.05) is 32.7 Å². The van der Waals surface area contributed by atoms with Gasteiger partial charge in [0.25, 0.3) is 0 Å². The third-order valence-electron chi connectivity index (χ3n) is 6.81. The van der Waals surface area contributed by atoms with Crippen LogP contribution in [0.25, 0.3) is 0 Å². The molecule has 2 fully saturated rings. The quantitative estimate of drug-likeness (QED) is 0.141. The predicted molar refractivity (Wildman–Crippen MR) is 138 cm³/mol. The molecule has 0 radical (unpaired) electrons. The average molecular weight is 553 g/mol. The SMILES string of the molecule is CC(C)[C@H](N)C(=O)NCC(=O)NCC(=O)N1CCC[C@H]1C(=O)N1CCC[C@H]1C(=O)NCC(=O)N[C@@H](C)C(N)=O. The molecule has 15 heteroatoms. The minimum Gasteiger partial charge on any atom is -0.368 e. The lowest BCUT2D eigenvalue weighted by molar-refractivity contribution is -0.146. The fourth-order valence-corrected chi connectivity index (χ4v) is 4.39. The fourth-order valence-electron chi connectivity index (χ4n) is 4.39. The van der Waals surface area contributed by atoms with Crippen molar-refractivity contribution in [3.63, 3.8) is 0 Å². The number of carbonyl (C=O) groups excluding carboxylic acids is 7. The molecule has 2 aliphatic rings. The zero-order valence-electron chi connectivity index (χ0n) is 22.7. The van der Waals surface area contributed by atoms with E-state index in [1.165, 1.54) is 16.7 Å². The molecular formula is C24H40N8O7. The third kappa shape index (κ3) is 8.90. The number of hydrogen-bond donors (Lipinski definition) is 6. The highest BCUT2D eigenvalue weighted by Gasteiger charge is 2.42. The van der Waals surface area contributed by atoms with Gasteiger partial charge in [-0.25, -0.2) is 0 Å². The predicted octanol–water partition coefficient (Wildman–Crippen LogP) is -3.71. The molecule has 0 spiro atoms. The molecule has 0 aromatic rings. The van der Waals surface area contributed by atoms with Gasteiger partial charge in [-0.15, -0.1) is 0 Å². The molecule has 4 atom stereocenters. The van der Waals surface area contributed by atoms with Crippen molar-refractivity contribution in [3.8, 4) is 0 Å². The van der Waals surface area contributed by atoms with E-state index in [1.54, 1.807) is 13.8 Å². The number of primary amides is 1. The van der Waals surface area contributed by atoms with E-state index in [0.717, 1.165) is 0 Å². The molecule has 0 unspecified atom stereocenters. The maximum atomic E-state index is 13.3. The van der Waals surface area contributed by atoms with E-state index in [9.17, 15) is 33.6 Å².